The number of aryl methyl sites for hydroxylation is 2. The van der Waals surface area contributed by atoms with Gasteiger partial charge in [-0.2, -0.15) is 0 Å². The smallest absolute Gasteiger partial charge is 0.365 e. The number of carboxylic acid groups (broad SMARTS) is 1. The molecule has 1 N–H and O–H groups in total. The van der Waals surface area contributed by atoms with Crippen LogP contribution in [0.1, 0.15) is 26.5 Å². The molecule has 3 nitrogen and oxygen atoms in total. The summed E-state index contributed by atoms with van der Waals surface area (Å²) < 4.78 is 0.982. The molecule has 0 radical (unpaired) electrons. The van der Waals surface area contributed by atoms with Gasteiger partial charge in [-0.25, -0.2) is 9.78 Å². The number of hydrogen-bond acceptors (Lipinski definition) is 3. The maximum atomic E-state index is 10.8. The van der Waals surface area contributed by atoms with E-state index in [4.69, 9.17) is 5.11 Å². The number of benzene rings is 1. The van der Waals surface area contributed by atoms with Crippen molar-refractivity contribution in [2.24, 2.45) is 0 Å². The highest BCUT2D eigenvalue weighted by Gasteiger charge is 2.13. The summed E-state index contributed by atoms with van der Waals surface area (Å²) in [5, 5.41) is 9.03. The highest BCUT2D eigenvalue weighted by atomic mass is 32.1. The van der Waals surface area contributed by atoms with Gasteiger partial charge in [0.1, 0.15) is 0 Å². The Balaban J connectivity index is 2.82. The number of aromatic nitrogens is 1. The molecule has 0 atom stereocenters. The first-order chi connectivity index (χ1) is 7.00. The molecule has 0 aliphatic rings. The molecule has 4 heteroatoms. The van der Waals surface area contributed by atoms with E-state index in [0.29, 0.717) is 0 Å². The van der Waals surface area contributed by atoms with Crippen LogP contribution in [-0.2, 0) is 0 Å². The second-order valence-corrected chi connectivity index (χ2v) is 4.61. The molecule has 0 amide bonds. The first-order valence-corrected chi connectivity index (χ1v) is 5.43. The normalized spacial score (nSPS) is 10.9. The van der Waals surface area contributed by atoms with E-state index in [2.05, 4.69) is 4.98 Å². The molecule has 2 rings (SSSR count). The van der Waals surface area contributed by atoms with Gasteiger partial charge in [-0.3, -0.25) is 0 Å². The quantitative estimate of drug-likeness (QED) is 0.805. The zero-order chi connectivity index (χ0) is 11.2. The maximum absolute atomic E-state index is 10.8. The first-order valence-electron chi connectivity index (χ1n) is 4.61. The van der Waals surface area contributed by atoms with Crippen LogP contribution in [0.5, 0.6) is 0 Å². The van der Waals surface area contributed by atoms with E-state index in [-0.39, 0.29) is 5.01 Å². The summed E-state index contributed by atoms with van der Waals surface area (Å²) in [6.45, 7) is 6.07. The van der Waals surface area contributed by atoms with Crippen molar-refractivity contribution in [3.63, 3.8) is 0 Å². The molecule has 78 valence electrons. The lowest BCUT2D eigenvalue weighted by Crippen LogP contribution is -1.93. The number of thiazole rings is 1. The summed E-state index contributed by atoms with van der Waals surface area (Å²) in [5.74, 6) is -0.953. The molecular weight excluding hydrogens is 210 g/mol. The van der Waals surface area contributed by atoms with Crippen molar-refractivity contribution in [1.29, 1.82) is 0 Å². The van der Waals surface area contributed by atoms with Crippen molar-refractivity contribution >= 4 is 27.5 Å². The van der Waals surface area contributed by atoms with Crippen LogP contribution >= 0.6 is 11.3 Å². The van der Waals surface area contributed by atoms with Crippen molar-refractivity contribution in [3.05, 3.63) is 27.8 Å². The molecule has 0 spiro atoms. The molecule has 1 aromatic heterocycles. The number of rotatable bonds is 1. The summed E-state index contributed by atoms with van der Waals surface area (Å²) in [6, 6.07) is 1.95. The fourth-order valence-electron chi connectivity index (χ4n) is 1.57. The number of fused-ring (bicyclic) bond motifs is 1. The van der Waals surface area contributed by atoms with Crippen LogP contribution in [0, 0.1) is 20.8 Å². The minimum atomic E-state index is -0.953. The van der Waals surface area contributed by atoms with Gasteiger partial charge < -0.3 is 5.11 Å². The Hall–Kier alpha value is -1.42. The molecular formula is C11H11NO2S. The summed E-state index contributed by atoms with van der Waals surface area (Å²) in [6.07, 6.45) is 0. The van der Waals surface area contributed by atoms with Crippen LogP contribution in [0.4, 0.5) is 0 Å². The number of carboxylic acids is 1. The monoisotopic (exact) mass is 221 g/mol. The molecule has 0 saturated heterocycles. The lowest BCUT2D eigenvalue weighted by molar-refractivity contribution is 0.0696. The van der Waals surface area contributed by atoms with Crippen LogP contribution in [0.25, 0.3) is 10.2 Å². The average Bonchev–Trinajstić information content (AvgIpc) is 2.58. The van der Waals surface area contributed by atoms with Crippen molar-refractivity contribution in [1.82, 2.24) is 4.98 Å². The molecule has 0 saturated carbocycles. The fraction of sp³-hybridized carbons (Fsp3) is 0.273. The third kappa shape index (κ3) is 1.51. The van der Waals surface area contributed by atoms with E-state index < -0.39 is 5.97 Å². The summed E-state index contributed by atoms with van der Waals surface area (Å²) in [5.41, 5.74) is 4.29. The Morgan fingerprint density at radius 3 is 2.60 bits per heavy atom. The lowest BCUT2D eigenvalue weighted by atomic mass is 10.0. The molecule has 2 aromatic rings. The van der Waals surface area contributed by atoms with Gasteiger partial charge in [0.15, 0.2) is 0 Å². The second kappa shape index (κ2) is 3.31. The van der Waals surface area contributed by atoms with Crippen LogP contribution in [0.2, 0.25) is 0 Å². The molecule has 0 aliphatic heterocycles. The third-order valence-corrected chi connectivity index (χ3v) is 3.86. The Bertz CT molecular complexity index is 557. The van der Waals surface area contributed by atoms with E-state index in [1.807, 2.05) is 26.8 Å². The summed E-state index contributed by atoms with van der Waals surface area (Å²) in [4.78, 5) is 14.9. The SMILES string of the molecule is Cc1cc2nc(C(=O)O)sc2c(C)c1C. The van der Waals surface area contributed by atoms with Gasteiger partial charge in [0, 0.05) is 0 Å². The number of hydrogen-bond donors (Lipinski definition) is 1. The van der Waals surface area contributed by atoms with Crippen LogP contribution in [-0.4, -0.2) is 16.1 Å². The van der Waals surface area contributed by atoms with Crippen LogP contribution in [0.15, 0.2) is 6.07 Å². The Kier molecular flexibility index (Phi) is 2.23. The second-order valence-electron chi connectivity index (χ2n) is 3.62. The van der Waals surface area contributed by atoms with Crippen molar-refractivity contribution in [3.8, 4) is 0 Å². The predicted octanol–water partition coefficient (Wildman–Crippen LogP) is 2.92. The minimum Gasteiger partial charge on any atom is -0.476 e. The van der Waals surface area contributed by atoms with Gasteiger partial charge in [-0.05, 0) is 43.5 Å². The standard InChI is InChI=1S/C11H11NO2S/c1-5-4-8-9(7(3)6(5)2)15-10(12-8)11(13)14/h4H,1-3H3,(H,13,14). The number of aromatic carboxylic acids is 1. The van der Waals surface area contributed by atoms with E-state index >= 15 is 0 Å². The topological polar surface area (TPSA) is 50.2 Å². The van der Waals surface area contributed by atoms with E-state index in [0.717, 1.165) is 21.3 Å². The van der Waals surface area contributed by atoms with Gasteiger partial charge in [0.2, 0.25) is 5.01 Å². The highest BCUT2D eigenvalue weighted by molar-refractivity contribution is 7.20. The Morgan fingerprint density at radius 2 is 2.00 bits per heavy atom. The average molecular weight is 221 g/mol. The third-order valence-electron chi connectivity index (χ3n) is 2.68. The minimum absolute atomic E-state index is 0.165. The van der Waals surface area contributed by atoms with Gasteiger partial charge in [0.05, 0.1) is 10.2 Å². The van der Waals surface area contributed by atoms with E-state index in [1.165, 1.54) is 16.9 Å². The van der Waals surface area contributed by atoms with Gasteiger partial charge >= 0.3 is 5.97 Å². The molecule has 0 aliphatic carbocycles. The van der Waals surface area contributed by atoms with Crippen LogP contribution < -0.4 is 0 Å². The molecule has 0 bridgehead atoms. The molecule has 0 unspecified atom stereocenters. The number of carbonyl (C=O) groups is 1. The van der Waals surface area contributed by atoms with Crippen molar-refractivity contribution < 1.29 is 9.90 Å². The lowest BCUT2D eigenvalue weighted by Gasteiger charge is -2.03. The van der Waals surface area contributed by atoms with Gasteiger partial charge in [-0.1, -0.05) is 0 Å². The Labute approximate surface area is 91.4 Å². The van der Waals surface area contributed by atoms with E-state index in [1.54, 1.807) is 0 Å². The predicted molar refractivity (Wildman–Crippen MR) is 60.8 cm³/mol. The molecule has 1 aromatic carbocycles. The first kappa shape index (κ1) is 10.1. The zero-order valence-electron chi connectivity index (χ0n) is 8.79. The molecule has 1 heterocycles. The summed E-state index contributed by atoms with van der Waals surface area (Å²) in [7, 11) is 0. The maximum Gasteiger partial charge on any atom is 0.365 e. The van der Waals surface area contributed by atoms with Crippen LogP contribution in [0.3, 0.4) is 0 Å². The zero-order valence-corrected chi connectivity index (χ0v) is 9.60. The molecule has 0 fully saturated rings. The van der Waals surface area contributed by atoms with Gasteiger partial charge in [0.25, 0.3) is 0 Å². The number of nitrogens with zero attached hydrogens (tertiary/aromatic N) is 1. The highest BCUT2D eigenvalue weighted by Crippen LogP contribution is 2.29. The fourth-order valence-corrected chi connectivity index (χ4v) is 2.51. The summed E-state index contributed by atoms with van der Waals surface area (Å²) >= 11 is 1.24. The Morgan fingerprint density at radius 1 is 1.33 bits per heavy atom. The van der Waals surface area contributed by atoms with Crippen molar-refractivity contribution in [2.75, 3.05) is 0 Å². The molecule has 15 heavy (non-hydrogen) atoms. The van der Waals surface area contributed by atoms with Gasteiger partial charge in [-0.15, -0.1) is 11.3 Å². The largest absolute Gasteiger partial charge is 0.476 e. The van der Waals surface area contributed by atoms with Crippen molar-refractivity contribution in [2.45, 2.75) is 20.8 Å². The van der Waals surface area contributed by atoms with E-state index in [9.17, 15) is 4.79 Å².